The third-order valence-corrected chi connectivity index (χ3v) is 5.98. The summed E-state index contributed by atoms with van der Waals surface area (Å²) >= 11 is 0. The molecule has 0 bridgehead atoms. The van der Waals surface area contributed by atoms with Crippen LogP contribution in [0.1, 0.15) is 0 Å². The molecule has 2 aromatic heterocycles. The first kappa shape index (κ1) is 24.0. The van der Waals surface area contributed by atoms with Crippen LogP contribution in [0, 0.1) is 11.6 Å². The highest BCUT2D eigenvalue weighted by Crippen LogP contribution is 2.37. The van der Waals surface area contributed by atoms with E-state index in [1.807, 2.05) is 0 Å². The predicted molar refractivity (Wildman–Crippen MR) is 137 cm³/mol. The molecule has 0 spiro atoms. The van der Waals surface area contributed by atoms with Crippen LogP contribution in [0.5, 0.6) is 23.0 Å². The van der Waals surface area contributed by atoms with Crippen molar-refractivity contribution in [2.24, 2.45) is 7.05 Å². The van der Waals surface area contributed by atoms with E-state index in [0.717, 1.165) is 0 Å². The molecule has 0 aliphatic rings. The Hall–Kier alpha value is -4.72. The summed E-state index contributed by atoms with van der Waals surface area (Å²) in [6.07, 6.45) is 4.84. The van der Waals surface area contributed by atoms with Gasteiger partial charge in [0.25, 0.3) is 0 Å². The zero-order chi connectivity index (χ0) is 26.1. The second-order valence-corrected chi connectivity index (χ2v) is 8.37. The molecule has 5 aromatic rings. The van der Waals surface area contributed by atoms with Gasteiger partial charge < -0.3 is 18.8 Å². The third-order valence-electron chi connectivity index (χ3n) is 5.98. The molecule has 0 aliphatic heterocycles. The minimum absolute atomic E-state index is 0.0162. The minimum Gasteiger partial charge on any atom is -0.493 e. The van der Waals surface area contributed by atoms with E-state index in [1.165, 1.54) is 50.6 Å². The van der Waals surface area contributed by atoms with E-state index >= 15 is 4.39 Å². The number of rotatable bonds is 6. The van der Waals surface area contributed by atoms with E-state index < -0.39 is 11.6 Å². The van der Waals surface area contributed by atoms with Crippen molar-refractivity contribution >= 4 is 10.9 Å². The summed E-state index contributed by atoms with van der Waals surface area (Å²) in [6.45, 7) is 0. The number of nitrogens with zero attached hydrogens (tertiary/aromatic N) is 2. The van der Waals surface area contributed by atoms with Gasteiger partial charge in [-0.1, -0.05) is 18.2 Å². The Balaban J connectivity index is 1.52. The first-order valence-corrected chi connectivity index (χ1v) is 11.3. The molecule has 2 heterocycles. The highest BCUT2D eigenvalue weighted by molar-refractivity contribution is 5.88. The molecular weight excluding hydrogens is 478 g/mol. The SMILES string of the molecule is COc1cc2nccc(Oc3ccc(-c4cn(C)cc(-c5ccc(F)cc5)c4=O)cc3F)c2cc1OC. The summed E-state index contributed by atoms with van der Waals surface area (Å²) in [5.74, 6) is 0.329. The number of methoxy groups -OCH3 is 2. The summed E-state index contributed by atoms with van der Waals surface area (Å²) in [6, 6.07) is 15.1. The molecule has 0 unspecified atom stereocenters. The lowest BCUT2D eigenvalue weighted by Gasteiger charge is -2.13. The van der Waals surface area contributed by atoms with Gasteiger partial charge in [0.2, 0.25) is 0 Å². The molecule has 0 N–H and O–H groups in total. The number of ether oxygens (including phenoxy) is 3. The van der Waals surface area contributed by atoms with Crippen molar-refractivity contribution in [3.05, 3.63) is 101 Å². The number of aromatic nitrogens is 2. The molecule has 0 amide bonds. The number of halogens is 2. The van der Waals surface area contributed by atoms with E-state index in [1.54, 1.807) is 54.5 Å². The van der Waals surface area contributed by atoms with Crippen molar-refractivity contribution in [2.75, 3.05) is 14.2 Å². The fraction of sp³-hybridized carbons (Fsp3) is 0.103. The van der Waals surface area contributed by atoms with Crippen LogP contribution in [-0.4, -0.2) is 23.8 Å². The van der Waals surface area contributed by atoms with Gasteiger partial charge in [-0.3, -0.25) is 9.78 Å². The molecule has 8 heteroatoms. The fourth-order valence-corrected chi connectivity index (χ4v) is 4.15. The smallest absolute Gasteiger partial charge is 0.197 e. The van der Waals surface area contributed by atoms with Gasteiger partial charge in [0.15, 0.2) is 28.5 Å². The molecular formula is C29H22F2N2O4. The van der Waals surface area contributed by atoms with Crippen LogP contribution >= 0.6 is 0 Å². The Morgan fingerprint density at radius 2 is 1.41 bits per heavy atom. The van der Waals surface area contributed by atoms with E-state index in [2.05, 4.69) is 4.98 Å². The molecule has 186 valence electrons. The maximum atomic E-state index is 15.3. The van der Waals surface area contributed by atoms with Gasteiger partial charge in [-0.05, 0) is 47.5 Å². The fourth-order valence-electron chi connectivity index (χ4n) is 4.15. The molecule has 0 fully saturated rings. The molecule has 0 saturated carbocycles. The van der Waals surface area contributed by atoms with Gasteiger partial charge >= 0.3 is 0 Å². The van der Waals surface area contributed by atoms with E-state index in [0.29, 0.717) is 50.4 Å². The summed E-state index contributed by atoms with van der Waals surface area (Å²) < 4.78 is 46.9. The van der Waals surface area contributed by atoms with Crippen molar-refractivity contribution in [3.63, 3.8) is 0 Å². The molecule has 5 rings (SSSR count). The largest absolute Gasteiger partial charge is 0.493 e. The van der Waals surface area contributed by atoms with Crippen LogP contribution in [0.15, 0.2) is 84.0 Å². The zero-order valence-corrected chi connectivity index (χ0v) is 20.3. The van der Waals surface area contributed by atoms with Gasteiger partial charge in [-0.2, -0.15) is 0 Å². The summed E-state index contributed by atoms with van der Waals surface area (Å²) in [5.41, 5.74) is 1.95. The van der Waals surface area contributed by atoms with Gasteiger partial charge in [0, 0.05) is 48.2 Å². The van der Waals surface area contributed by atoms with Gasteiger partial charge in [0.1, 0.15) is 11.6 Å². The van der Waals surface area contributed by atoms with Crippen molar-refractivity contribution in [2.45, 2.75) is 0 Å². The maximum absolute atomic E-state index is 15.3. The normalized spacial score (nSPS) is 10.9. The number of fused-ring (bicyclic) bond motifs is 1. The summed E-state index contributed by atoms with van der Waals surface area (Å²) in [5, 5.41) is 0.615. The van der Waals surface area contributed by atoms with Crippen LogP contribution < -0.4 is 19.6 Å². The van der Waals surface area contributed by atoms with E-state index in [4.69, 9.17) is 14.2 Å². The van der Waals surface area contributed by atoms with Gasteiger partial charge in [-0.25, -0.2) is 8.78 Å². The topological polar surface area (TPSA) is 62.6 Å². The van der Waals surface area contributed by atoms with E-state index in [-0.39, 0.29) is 11.2 Å². The number of pyridine rings is 2. The van der Waals surface area contributed by atoms with Crippen LogP contribution in [0.4, 0.5) is 8.78 Å². The average molecular weight is 501 g/mol. The zero-order valence-electron chi connectivity index (χ0n) is 20.3. The predicted octanol–water partition coefficient (Wildman–Crippen LogP) is 6.36. The quantitative estimate of drug-likeness (QED) is 0.272. The maximum Gasteiger partial charge on any atom is 0.197 e. The molecule has 0 aliphatic carbocycles. The van der Waals surface area contributed by atoms with Gasteiger partial charge in [-0.15, -0.1) is 0 Å². The second-order valence-electron chi connectivity index (χ2n) is 8.37. The third kappa shape index (κ3) is 4.61. The molecule has 0 radical (unpaired) electrons. The van der Waals surface area contributed by atoms with E-state index in [9.17, 15) is 9.18 Å². The van der Waals surface area contributed by atoms with Crippen molar-refractivity contribution < 1.29 is 23.0 Å². The average Bonchev–Trinajstić information content (AvgIpc) is 2.90. The van der Waals surface area contributed by atoms with Crippen molar-refractivity contribution in [1.82, 2.24) is 9.55 Å². The minimum atomic E-state index is -0.642. The highest BCUT2D eigenvalue weighted by atomic mass is 19.1. The van der Waals surface area contributed by atoms with Crippen molar-refractivity contribution in [3.8, 4) is 45.3 Å². The van der Waals surface area contributed by atoms with Crippen molar-refractivity contribution in [1.29, 1.82) is 0 Å². The molecule has 0 saturated heterocycles. The summed E-state index contributed by atoms with van der Waals surface area (Å²) in [7, 11) is 4.82. The Labute approximate surface area is 211 Å². The lowest BCUT2D eigenvalue weighted by molar-refractivity contribution is 0.355. The Bertz CT molecular complexity index is 1680. The summed E-state index contributed by atoms with van der Waals surface area (Å²) in [4.78, 5) is 17.6. The number of hydrogen-bond donors (Lipinski definition) is 0. The van der Waals surface area contributed by atoms with Crippen LogP contribution in [-0.2, 0) is 7.05 Å². The lowest BCUT2D eigenvalue weighted by Crippen LogP contribution is -2.11. The number of benzene rings is 3. The highest BCUT2D eigenvalue weighted by Gasteiger charge is 2.16. The lowest BCUT2D eigenvalue weighted by atomic mass is 10.0. The first-order valence-electron chi connectivity index (χ1n) is 11.3. The monoisotopic (exact) mass is 500 g/mol. The Morgan fingerprint density at radius 1 is 0.757 bits per heavy atom. The second kappa shape index (κ2) is 9.73. The van der Waals surface area contributed by atoms with Crippen LogP contribution in [0.2, 0.25) is 0 Å². The molecule has 37 heavy (non-hydrogen) atoms. The Kier molecular flexibility index (Phi) is 6.31. The van der Waals surface area contributed by atoms with Crippen LogP contribution in [0.25, 0.3) is 33.2 Å². The van der Waals surface area contributed by atoms with Crippen LogP contribution in [0.3, 0.4) is 0 Å². The number of aryl methyl sites for hydroxylation is 1. The molecule has 0 atom stereocenters. The molecule has 3 aromatic carbocycles. The first-order chi connectivity index (χ1) is 17.9. The standard InChI is InChI=1S/C29H22F2N2O4/c1-33-15-21(17-4-7-19(30)8-5-17)29(34)22(16-33)18-6-9-26(23(31)12-18)37-25-10-11-32-24-14-28(36-3)27(35-2)13-20(24)25/h4-16H,1-3H3. The van der Waals surface area contributed by atoms with Gasteiger partial charge in [0.05, 0.1) is 19.7 Å². The molecule has 6 nitrogen and oxygen atoms in total. The number of hydrogen-bond acceptors (Lipinski definition) is 5. The Morgan fingerprint density at radius 3 is 2.08 bits per heavy atom.